The van der Waals surface area contributed by atoms with Crippen LogP contribution in [0.1, 0.15) is 43.0 Å². The van der Waals surface area contributed by atoms with E-state index in [-0.39, 0.29) is 6.04 Å². The van der Waals surface area contributed by atoms with Crippen molar-refractivity contribution < 1.29 is 9.90 Å². The van der Waals surface area contributed by atoms with Gasteiger partial charge in [0.2, 0.25) is 0 Å². The Kier molecular flexibility index (Phi) is 4.15. The van der Waals surface area contributed by atoms with Gasteiger partial charge in [0.1, 0.15) is 0 Å². The van der Waals surface area contributed by atoms with Gasteiger partial charge in [0.15, 0.2) is 0 Å². The monoisotopic (exact) mass is 368 g/mol. The molecule has 0 saturated heterocycles. The Morgan fingerprint density at radius 2 is 2.11 bits per heavy atom. The van der Waals surface area contributed by atoms with Crippen molar-refractivity contribution in [2.24, 2.45) is 12.8 Å². The Hall–Kier alpha value is -2.87. The van der Waals surface area contributed by atoms with Crippen LogP contribution < -0.4 is 11.1 Å². The first-order valence-electron chi connectivity index (χ1n) is 9.12. The smallest absolute Gasteiger partial charge is 0.252 e. The van der Waals surface area contributed by atoms with Gasteiger partial charge in [-0.1, -0.05) is 0 Å². The molecule has 0 atom stereocenters. The normalized spacial score (nSPS) is 22.9. The largest absolute Gasteiger partial charge is 0.390 e. The lowest BCUT2D eigenvalue weighted by Crippen LogP contribution is -2.36. The van der Waals surface area contributed by atoms with Gasteiger partial charge < -0.3 is 16.2 Å². The van der Waals surface area contributed by atoms with Gasteiger partial charge in [-0.15, -0.1) is 0 Å². The number of aryl methyl sites for hydroxylation is 1. The van der Waals surface area contributed by atoms with Gasteiger partial charge in [-0.05, 0) is 44.7 Å². The summed E-state index contributed by atoms with van der Waals surface area (Å²) < 4.78 is 3.54. The molecular weight excluding hydrogens is 344 g/mol. The van der Waals surface area contributed by atoms with E-state index < -0.39 is 11.5 Å². The first kappa shape index (κ1) is 17.5. The Balaban J connectivity index is 1.74. The van der Waals surface area contributed by atoms with Crippen molar-refractivity contribution in [2.75, 3.05) is 5.32 Å². The van der Waals surface area contributed by atoms with Gasteiger partial charge >= 0.3 is 0 Å². The molecule has 0 aliphatic heterocycles. The second kappa shape index (κ2) is 6.38. The van der Waals surface area contributed by atoms with Crippen LogP contribution in [0.5, 0.6) is 0 Å². The molecular formula is C19H24N6O2. The number of nitrogens with one attached hydrogen (secondary N) is 1. The van der Waals surface area contributed by atoms with Crippen molar-refractivity contribution in [3.05, 3.63) is 36.3 Å². The van der Waals surface area contributed by atoms with Crippen LogP contribution in [0.2, 0.25) is 0 Å². The molecule has 3 aromatic heterocycles. The summed E-state index contributed by atoms with van der Waals surface area (Å²) in [7, 11) is 1.88. The molecule has 3 aromatic rings. The molecule has 0 unspecified atom stereocenters. The lowest BCUT2D eigenvalue weighted by Gasteiger charge is -2.34. The lowest BCUT2D eigenvalue weighted by atomic mass is 9.83. The number of aromatic nitrogens is 4. The highest BCUT2D eigenvalue weighted by atomic mass is 16.3. The van der Waals surface area contributed by atoms with Crippen LogP contribution in [0.3, 0.4) is 0 Å². The second-order valence-corrected chi connectivity index (χ2v) is 7.61. The number of rotatable bonds is 4. The Bertz CT molecular complexity index is 993. The molecule has 1 amide bonds. The summed E-state index contributed by atoms with van der Waals surface area (Å²) in [5, 5.41) is 22.2. The maximum absolute atomic E-state index is 12.0. The van der Waals surface area contributed by atoms with Crippen molar-refractivity contribution >= 4 is 17.1 Å². The topological polar surface area (TPSA) is 110 Å². The van der Waals surface area contributed by atoms with Crippen LogP contribution in [0.4, 0.5) is 5.69 Å². The zero-order chi connectivity index (χ0) is 19.2. The minimum atomic E-state index is -0.611. The molecule has 3 heterocycles. The van der Waals surface area contributed by atoms with E-state index in [0.29, 0.717) is 11.3 Å². The van der Waals surface area contributed by atoms with Crippen LogP contribution in [0.25, 0.3) is 16.8 Å². The predicted molar refractivity (Wildman–Crippen MR) is 102 cm³/mol. The first-order chi connectivity index (χ1) is 12.8. The molecule has 1 fully saturated rings. The van der Waals surface area contributed by atoms with Crippen LogP contribution >= 0.6 is 0 Å². The number of primary amides is 1. The van der Waals surface area contributed by atoms with E-state index >= 15 is 0 Å². The van der Waals surface area contributed by atoms with Crippen molar-refractivity contribution in [2.45, 2.75) is 44.2 Å². The summed E-state index contributed by atoms with van der Waals surface area (Å²) in [6.07, 6.45) is 8.26. The number of aliphatic hydroxyl groups is 1. The van der Waals surface area contributed by atoms with Crippen LogP contribution in [-0.2, 0) is 7.05 Å². The summed E-state index contributed by atoms with van der Waals surface area (Å²) in [5.74, 6) is -0.515. The molecule has 0 aromatic carbocycles. The average Bonchev–Trinajstić information content (AvgIpc) is 3.22. The third-order valence-electron chi connectivity index (χ3n) is 5.43. The van der Waals surface area contributed by atoms with E-state index in [1.54, 1.807) is 15.4 Å². The number of hydrogen-bond donors (Lipinski definition) is 3. The minimum absolute atomic E-state index is 0.171. The fourth-order valence-electron chi connectivity index (χ4n) is 3.78. The van der Waals surface area contributed by atoms with Crippen molar-refractivity contribution in [3.63, 3.8) is 0 Å². The molecule has 1 saturated carbocycles. The maximum atomic E-state index is 12.0. The molecule has 1 aliphatic rings. The van der Waals surface area contributed by atoms with Gasteiger partial charge in [0.05, 0.1) is 34.3 Å². The summed E-state index contributed by atoms with van der Waals surface area (Å²) in [5.41, 5.74) is 8.76. The zero-order valence-corrected chi connectivity index (χ0v) is 15.5. The summed E-state index contributed by atoms with van der Waals surface area (Å²) in [6, 6.07) is 4.09. The fraction of sp³-hybridized carbons (Fsp3) is 0.421. The average molecular weight is 368 g/mol. The van der Waals surface area contributed by atoms with E-state index in [4.69, 9.17) is 5.73 Å². The number of amides is 1. The molecule has 8 heteroatoms. The van der Waals surface area contributed by atoms with E-state index in [9.17, 15) is 9.90 Å². The number of anilines is 1. The molecule has 0 spiro atoms. The third kappa shape index (κ3) is 3.28. The fourth-order valence-corrected chi connectivity index (χ4v) is 3.78. The summed E-state index contributed by atoms with van der Waals surface area (Å²) in [6.45, 7) is 1.87. The quantitative estimate of drug-likeness (QED) is 0.652. The Morgan fingerprint density at radius 3 is 2.74 bits per heavy atom. The Morgan fingerprint density at radius 1 is 1.37 bits per heavy atom. The summed E-state index contributed by atoms with van der Waals surface area (Å²) >= 11 is 0. The highest BCUT2D eigenvalue weighted by Crippen LogP contribution is 2.33. The van der Waals surface area contributed by atoms with Gasteiger partial charge in [-0.25, -0.2) is 4.52 Å². The zero-order valence-electron chi connectivity index (χ0n) is 15.5. The molecule has 4 N–H and O–H groups in total. The minimum Gasteiger partial charge on any atom is -0.390 e. The molecule has 1 aliphatic carbocycles. The number of carbonyl (C=O) groups is 1. The van der Waals surface area contributed by atoms with Crippen molar-refractivity contribution in [3.8, 4) is 11.3 Å². The molecule has 0 bridgehead atoms. The predicted octanol–water partition coefficient (Wildman–Crippen LogP) is 1.94. The third-order valence-corrected chi connectivity index (χ3v) is 5.43. The first-order valence-corrected chi connectivity index (χ1v) is 9.12. The number of hydrogen-bond acceptors (Lipinski definition) is 5. The second-order valence-electron chi connectivity index (χ2n) is 7.61. The molecule has 8 nitrogen and oxygen atoms in total. The van der Waals surface area contributed by atoms with Gasteiger partial charge in [-0.3, -0.25) is 9.48 Å². The molecule has 142 valence electrons. The number of nitrogens with zero attached hydrogens (tertiary/aromatic N) is 4. The summed E-state index contributed by atoms with van der Waals surface area (Å²) in [4.78, 5) is 12.0. The van der Waals surface area contributed by atoms with Crippen LogP contribution in [0.15, 0.2) is 30.7 Å². The van der Waals surface area contributed by atoms with Crippen LogP contribution in [-0.4, -0.2) is 42.1 Å². The number of fused-ring (bicyclic) bond motifs is 1. The van der Waals surface area contributed by atoms with Crippen molar-refractivity contribution in [1.82, 2.24) is 19.4 Å². The standard InChI is InChI=1S/C19H24N6O2/c1-19(27)6-3-13(4-7-19)23-17-14(18(20)26)10-22-25-11-12(9-16(17)25)15-5-8-21-24(15)2/h5,8-11,13,23,27H,3-4,6-7H2,1-2H3,(H2,20,26). The Labute approximate surface area is 157 Å². The van der Waals surface area contributed by atoms with Crippen LogP contribution in [0, 0.1) is 0 Å². The van der Waals surface area contributed by atoms with E-state index in [1.165, 1.54) is 6.20 Å². The van der Waals surface area contributed by atoms with Gasteiger partial charge in [-0.2, -0.15) is 10.2 Å². The van der Waals surface area contributed by atoms with E-state index in [1.807, 2.05) is 32.3 Å². The SMILES string of the molecule is Cn1nccc1-c1cc2c(NC3CCC(C)(O)CC3)c(C(N)=O)cnn2c1. The lowest BCUT2D eigenvalue weighted by molar-refractivity contribution is 0.0196. The highest BCUT2D eigenvalue weighted by Gasteiger charge is 2.29. The molecule has 0 radical (unpaired) electrons. The molecule has 4 rings (SSSR count). The maximum Gasteiger partial charge on any atom is 0.252 e. The van der Waals surface area contributed by atoms with E-state index in [0.717, 1.165) is 42.5 Å². The van der Waals surface area contributed by atoms with Crippen molar-refractivity contribution in [1.29, 1.82) is 0 Å². The number of nitrogens with two attached hydrogens (primary N) is 1. The van der Waals surface area contributed by atoms with Gasteiger partial charge in [0.25, 0.3) is 5.91 Å². The molecule has 27 heavy (non-hydrogen) atoms. The van der Waals surface area contributed by atoms with Gasteiger partial charge in [0, 0.05) is 31.0 Å². The highest BCUT2D eigenvalue weighted by molar-refractivity contribution is 6.02. The van der Waals surface area contributed by atoms with E-state index in [2.05, 4.69) is 15.5 Å². The number of carbonyl (C=O) groups excluding carboxylic acids is 1.